The zero-order chi connectivity index (χ0) is 18.7. The second kappa shape index (κ2) is 6.16. The van der Waals surface area contributed by atoms with Crippen molar-refractivity contribution in [3.63, 3.8) is 0 Å². The molecule has 2 atom stereocenters. The Labute approximate surface area is 165 Å². The van der Waals surface area contributed by atoms with Crippen LogP contribution in [0.15, 0.2) is 52.9 Å². The average molecular weight is 374 g/mol. The predicted octanol–water partition coefficient (Wildman–Crippen LogP) is 4.92. The normalized spacial score (nSPS) is 33.6. The van der Waals surface area contributed by atoms with Crippen molar-refractivity contribution in [2.75, 3.05) is 0 Å². The van der Waals surface area contributed by atoms with Crippen LogP contribution in [0.3, 0.4) is 0 Å². The van der Waals surface area contributed by atoms with Crippen LogP contribution >= 0.6 is 0 Å². The van der Waals surface area contributed by atoms with Crippen LogP contribution in [-0.4, -0.2) is 16.6 Å². The highest BCUT2D eigenvalue weighted by Gasteiger charge is 2.55. The largest absolute Gasteiger partial charge is 0.436 e. The van der Waals surface area contributed by atoms with Crippen LogP contribution in [0, 0.1) is 17.8 Å². The van der Waals surface area contributed by atoms with Gasteiger partial charge in [-0.25, -0.2) is 4.98 Å². The third kappa shape index (κ3) is 2.70. The first-order valence-corrected chi connectivity index (χ1v) is 10.5. The molecule has 0 saturated heterocycles. The number of nitrogens with zero attached hydrogens (tertiary/aromatic N) is 1. The zero-order valence-corrected chi connectivity index (χ0v) is 16.0. The first kappa shape index (κ1) is 16.8. The summed E-state index contributed by atoms with van der Waals surface area (Å²) >= 11 is 0. The van der Waals surface area contributed by atoms with Gasteiger partial charge in [-0.2, -0.15) is 0 Å². The first-order valence-electron chi connectivity index (χ1n) is 10.5. The Kier molecular flexibility index (Phi) is 3.69. The summed E-state index contributed by atoms with van der Waals surface area (Å²) in [6.07, 6.45) is 6.18. The molecule has 0 amide bonds. The Hall–Kier alpha value is -2.17. The molecule has 4 bridgehead atoms. The van der Waals surface area contributed by atoms with Crippen molar-refractivity contribution >= 4 is 11.1 Å². The van der Waals surface area contributed by atoms with Gasteiger partial charge in [0.2, 0.25) is 5.89 Å². The van der Waals surface area contributed by atoms with E-state index in [0.29, 0.717) is 30.4 Å². The van der Waals surface area contributed by atoms with Crippen molar-refractivity contribution < 1.29 is 9.15 Å². The third-order valence-corrected chi connectivity index (χ3v) is 7.33. The molecular weight excluding hydrogens is 348 g/mol. The molecule has 4 aliphatic carbocycles. The fourth-order valence-corrected chi connectivity index (χ4v) is 6.14. The van der Waals surface area contributed by atoms with Crippen LogP contribution in [0.2, 0.25) is 0 Å². The predicted molar refractivity (Wildman–Crippen MR) is 108 cm³/mol. The van der Waals surface area contributed by atoms with Crippen LogP contribution in [0.4, 0.5) is 0 Å². The lowest BCUT2D eigenvalue weighted by Crippen LogP contribution is -2.60. The minimum Gasteiger partial charge on any atom is -0.436 e. The Morgan fingerprint density at radius 2 is 1.75 bits per heavy atom. The first-order chi connectivity index (χ1) is 13.7. The number of oxazole rings is 1. The van der Waals surface area contributed by atoms with Crippen molar-refractivity contribution in [3.8, 4) is 11.5 Å². The standard InChI is InChI=1S/C24H26N2O2/c25-22-18-9-16-10-19(22)13-24(11-16,12-18)27-14-15-5-7-17(8-6-15)23-26-20-3-1-2-4-21(20)28-23/h1-8,16,18-19,22H,9-14,25H2. The van der Waals surface area contributed by atoms with Crippen molar-refractivity contribution in [2.24, 2.45) is 23.5 Å². The lowest BCUT2D eigenvalue weighted by Gasteiger charge is -2.58. The average Bonchev–Trinajstić information content (AvgIpc) is 3.14. The molecule has 2 N–H and O–H groups in total. The van der Waals surface area contributed by atoms with E-state index < -0.39 is 0 Å². The lowest BCUT2D eigenvalue weighted by molar-refractivity contribution is -0.174. The number of aromatic nitrogens is 1. The number of fused-ring (bicyclic) bond motifs is 1. The van der Waals surface area contributed by atoms with E-state index in [1.807, 2.05) is 24.3 Å². The highest BCUT2D eigenvalue weighted by Crippen LogP contribution is 2.56. The molecule has 4 aliphatic rings. The monoisotopic (exact) mass is 374 g/mol. The van der Waals surface area contributed by atoms with E-state index in [9.17, 15) is 0 Å². The van der Waals surface area contributed by atoms with Crippen LogP contribution in [0.1, 0.15) is 37.7 Å². The van der Waals surface area contributed by atoms with Gasteiger partial charge in [0.1, 0.15) is 5.52 Å². The maximum Gasteiger partial charge on any atom is 0.227 e. The summed E-state index contributed by atoms with van der Waals surface area (Å²) in [5.41, 5.74) is 10.5. The van der Waals surface area contributed by atoms with Gasteiger partial charge >= 0.3 is 0 Å². The molecule has 0 aliphatic heterocycles. The Balaban J connectivity index is 1.17. The quantitative estimate of drug-likeness (QED) is 0.704. The number of rotatable bonds is 4. The molecule has 0 radical (unpaired) electrons. The van der Waals surface area contributed by atoms with Crippen molar-refractivity contribution in [3.05, 3.63) is 54.1 Å². The van der Waals surface area contributed by atoms with Crippen LogP contribution in [0.25, 0.3) is 22.6 Å². The summed E-state index contributed by atoms with van der Waals surface area (Å²) in [6, 6.07) is 16.7. The third-order valence-electron chi connectivity index (χ3n) is 7.33. The summed E-state index contributed by atoms with van der Waals surface area (Å²) < 4.78 is 12.5. The number of hydrogen-bond donors (Lipinski definition) is 1. The maximum atomic E-state index is 6.58. The fourth-order valence-electron chi connectivity index (χ4n) is 6.14. The molecule has 4 saturated carbocycles. The smallest absolute Gasteiger partial charge is 0.227 e. The second-order valence-electron chi connectivity index (χ2n) is 9.20. The van der Waals surface area contributed by atoms with E-state index in [-0.39, 0.29) is 5.60 Å². The number of benzene rings is 2. The number of ether oxygens (including phenoxy) is 1. The Morgan fingerprint density at radius 3 is 2.50 bits per heavy atom. The van der Waals surface area contributed by atoms with Gasteiger partial charge in [0, 0.05) is 11.6 Å². The highest BCUT2D eigenvalue weighted by atomic mass is 16.5. The molecule has 28 heavy (non-hydrogen) atoms. The van der Waals surface area contributed by atoms with E-state index >= 15 is 0 Å². The van der Waals surface area contributed by atoms with E-state index in [1.165, 1.54) is 24.8 Å². The molecule has 4 heteroatoms. The number of nitrogens with two attached hydrogens (primary N) is 1. The van der Waals surface area contributed by atoms with Crippen LogP contribution in [-0.2, 0) is 11.3 Å². The number of hydrogen-bond acceptors (Lipinski definition) is 4. The second-order valence-corrected chi connectivity index (χ2v) is 9.20. The van der Waals surface area contributed by atoms with Crippen LogP contribution in [0.5, 0.6) is 0 Å². The molecule has 4 nitrogen and oxygen atoms in total. The summed E-state index contributed by atoms with van der Waals surface area (Å²) in [5, 5.41) is 0. The van der Waals surface area contributed by atoms with Gasteiger partial charge in [-0.3, -0.25) is 0 Å². The SMILES string of the molecule is NC1C2CC3CC1CC(OCc1ccc(-c4nc5ccccc5o4)cc1)(C3)C2. The van der Waals surface area contributed by atoms with Gasteiger partial charge in [0.25, 0.3) is 0 Å². The van der Waals surface area contributed by atoms with E-state index in [0.717, 1.165) is 35.4 Å². The van der Waals surface area contributed by atoms with Crippen molar-refractivity contribution in [1.82, 2.24) is 4.98 Å². The molecular formula is C24H26N2O2. The van der Waals surface area contributed by atoms with Gasteiger partial charge in [0.15, 0.2) is 5.58 Å². The summed E-state index contributed by atoms with van der Waals surface area (Å²) in [6.45, 7) is 0.676. The minimum absolute atomic E-state index is 0.0747. The zero-order valence-electron chi connectivity index (χ0n) is 16.0. The number of para-hydroxylation sites is 2. The molecule has 3 aromatic rings. The molecule has 7 rings (SSSR count). The highest BCUT2D eigenvalue weighted by molar-refractivity contribution is 5.75. The van der Waals surface area contributed by atoms with Crippen LogP contribution < -0.4 is 5.73 Å². The Morgan fingerprint density at radius 1 is 1.00 bits per heavy atom. The molecule has 2 unspecified atom stereocenters. The molecule has 0 spiro atoms. The molecule has 144 valence electrons. The summed E-state index contributed by atoms with van der Waals surface area (Å²) in [5.74, 6) is 2.85. The molecule has 1 heterocycles. The summed E-state index contributed by atoms with van der Waals surface area (Å²) in [7, 11) is 0. The van der Waals surface area contributed by atoms with Gasteiger partial charge in [-0.1, -0.05) is 24.3 Å². The fraction of sp³-hybridized carbons (Fsp3) is 0.458. The van der Waals surface area contributed by atoms with Gasteiger partial charge in [-0.15, -0.1) is 0 Å². The van der Waals surface area contributed by atoms with E-state index in [2.05, 4.69) is 29.2 Å². The van der Waals surface area contributed by atoms with Gasteiger partial charge < -0.3 is 14.9 Å². The minimum atomic E-state index is 0.0747. The Bertz CT molecular complexity index is 960. The topological polar surface area (TPSA) is 61.3 Å². The van der Waals surface area contributed by atoms with E-state index in [1.54, 1.807) is 0 Å². The lowest BCUT2D eigenvalue weighted by atomic mass is 9.52. The van der Waals surface area contributed by atoms with Crippen molar-refractivity contribution in [2.45, 2.75) is 50.4 Å². The van der Waals surface area contributed by atoms with Gasteiger partial charge in [0.05, 0.1) is 12.2 Å². The molecule has 2 aromatic carbocycles. The van der Waals surface area contributed by atoms with Crippen molar-refractivity contribution in [1.29, 1.82) is 0 Å². The maximum absolute atomic E-state index is 6.58. The molecule has 4 fully saturated rings. The van der Waals surface area contributed by atoms with E-state index in [4.69, 9.17) is 14.9 Å². The summed E-state index contributed by atoms with van der Waals surface area (Å²) in [4.78, 5) is 4.58. The van der Waals surface area contributed by atoms with Gasteiger partial charge in [-0.05, 0) is 79.7 Å². The molecule has 1 aromatic heterocycles.